The highest BCUT2D eigenvalue weighted by atomic mass is 16.6. The maximum atomic E-state index is 8.89. The fraction of sp³-hybridized carbons (Fsp3) is 0.286. The average Bonchev–Trinajstić information content (AvgIpc) is 2.51. The van der Waals surface area contributed by atoms with Crippen LogP contribution in [0.4, 0.5) is 5.88 Å². The minimum absolute atomic E-state index is 0.567. The van der Waals surface area contributed by atoms with Crippen LogP contribution >= 0.6 is 0 Å². The van der Waals surface area contributed by atoms with Gasteiger partial charge < -0.3 is 19.2 Å². The van der Waals surface area contributed by atoms with Crippen LogP contribution in [-0.2, 0) is 9.63 Å². The maximum Gasteiger partial charge on any atom is 0.398 e. The van der Waals surface area contributed by atoms with Gasteiger partial charge in [-0.2, -0.15) is 0 Å². The Morgan fingerprint density at radius 3 is 2.77 bits per heavy atom. The molecule has 1 N–H and O–H groups in total. The monoisotopic (exact) mass is 186 g/mol. The second kappa shape index (κ2) is 6.84. The molecule has 1 rings (SSSR count). The first-order valence-corrected chi connectivity index (χ1v) is 3.37. The summed E-state index contributed by atoms with van der Waals surface area (Å²) in [5.74, 6) is -0.517. The molecule has 72 valence electrons. The lowest BCUT2D eigenvalue weighted by Gasteiger charge is -1.77. The molecule has 0 aliphatic rings. The van der Waals surface area contributed by atoms with Crippen LogP contribution < -0.4 is 10.2 Å². The molecule has 1 aromatic heterocycles. The van der Waals surface area contributed by atoms with Crippen molar-refractivity contribution in [3.05, 3.63) is 18.4 Å². The van der Waals surface area contributed by atoms with E-state index >= 15 is 0 Å². The van der Waals surface area contributed by atoms with Crippen molar-refractivity contribution in [3.8, 4) is 0 Å². The number of nitrogens with zero attached hydrogens (tertiary/aromatic N) is 1. The average molecular weight is 186 g/mol. The summed E-state index contributed by atoms with van der Waals surface area (Å²) in [5.41, 5.74) is 0. The van der Waals surface area contributed by atoms with E-state index in [0.717, 1.165) is 6.92 Å². The molecule has 0 bridgehead atoms. The quantitative estimate of drug-likeness (QED) is 0.462. The largest absolute Gasteiger partial charge is 0.550 e. The molecule has 0 amide bonds. The van der Waals surface area contributed by atoms with Crippen LogP contribution in [0.1, 0.15) is 6.92 Å². The van der Waals surface area contributed by atoms with Crippen LogP contribution in [0.5, 0.6) is 0 Å². The predicted molar refractivity (Wildman–Crippen MR) is 39.4 cm³/mol. The number of hydrogen-bond acceptors (Lipinski definition) is 5. The fourth-order valence-corrected chi connectivity index (χ4v) is 0.433. The Kier molecular flexibility index (Phi) is 5.86. The Morgan fingerprint density at radius 2 is 2.38 bits per heavy atom. The van der Waals surface area contributed by atoms with E-state index in [1.165, 1.54) is 7.11 Å². The summed E-state index contributed by atoms with van der Waals surface area (Å²) in [4.78, 5) is 13.3. The van der Waals surface area contributed by atoms with Crippen molar-refractivity contribution < 1.29 is 24.3 Å². The van der Waals surface area contributed by atoms with E-state index in [0.29, 0.717) is 5.88 Å². The Balaban J connectivity index is 0.000000310. The lowest BCUT2D eigenvalue weighted by atomic mass is 10.6. The van der Waals surface area contributed by atoms with Gasteiger partial charge in [0, 0.05) is 5.97 Å². The number of carbonyl (C=O) groups excluding carboxylic acids is 1. The van der Waals surface area contributed by atoms with Crippen LogP contribution in [0.15, 0.2) is 28.1 Å². The number of carbonyl (C=O) groups is 1. The number of aliphatic carboxylic acids is 1. The van der Waals surface area contributed by atoms with E-state index in [2.05, 4.69) is 15.2 Å². The van der Waals surface area contributed by atoms with E-state index < -0.39 is 5.97 Å². The molecule has 0 aliphatic carbocycles. The molecule has 0 aromatic carbocycles. The van der Waals surface area contributed by atoms with Gasteiger partial charge in [0.15, 0.2) is 5.28 Å². The molecule has 0 radical (unpaired) electrons. The molecule has 0 spiro atoms. The molecule has 0 unspecified atom stereocenters. The second-order valence-corrected chi connectivity index (χ2v) is 1.85. The van der Waals surface area contributed by atoms with E-state index in [1.54, 1.807) is 18.4 Å². The highest BCUT2D eigenvalue weighted by Crippen LogP contribution is 1.95. The number of hydrogen-bond donors (Lipinski definition) is 1. The van der Waals surface area contributed by atoms with E-state index in [-0.39, 0.29) is 0 Å². The van der Waals surface area contributed by atoms with Crippen molar-refractivity contribution in [2.75, 3.05) is 7.11 Å². The zero-order valence-electron chi connectivity index (χ0n) is 7.31. The van der Waals surface area contributed by atoms with Gasteiger partial charge in [0.25, 0.3) is 0 Å². The molecule has 0 saturated heterocycles. The molecule has 6 nitrogen and oxygen atoms in total. The molecule has 1 heterocycles. The first kappa shape index (κ1) is 11.2. The molecule has 6 heteroatoms. The molecule has 1 aromatic rings. The van der Waals surface area contributed by atoms with Crippen molar-refractivity contribution in [1.29, 1.82) is 0 Å². The van der Waals surface area contributed by atoms with Crippen molar-refractivity contribution in [3.63, 3.8) is 0 Å². The van der Waals surface area contributed by atoms with Crippen LogP contribution in [0.25, 0.3) is 0 Å². The Morgan fingerprint density at radius 1 is 1.77 bits per heavy atom. The van der Waals surface area contributed by atoms with Crippen LogP contribution in [0.3, 0.4) is 0 Å². The summed E-state index contributed by atoms with van der Waals surface area (Å²) in [6.07, 6.45) is 1.55. The maximum absolute atomic E-state index is 8.89. The van der Waals surface area contributed by atoms with Crippen LogP contribution in [0.2, 0.25) is 0 Å². The summed E-state index contributed by atoms with van der Waals surface area (Å²) in [6, 6.07) is 3.50. The van der Waals surface area contributed by atoms with Crippen molar-refractivity contribution in [2.45, 2.75) is 6.92 Å². The van der Waals surface area contributed by atoms with E-state index in [9.17, 15) is 0 Å². The summed E-state index contributed by atoms with van der Waals surface area (Å²) < 4.78 is 4.85. The van der Waals surface area contributed by atoms with Gasteiger partial charge in [-0.3, -0.25) is 0 Å². The molecular weight excluding hydrogens is 176 g/mol. The standard InChI is InChI=1S/C5H6N2O2.C2H4O2/c1-8-7-6-5-3-2-4-9-5;1-2(3)4/h2-4H,1H3;1H3,(H,3,4). The second-order valence-electron chi connectivity index (χ2n) is 1.85. The minimum Gasteiger partial charge on any atom is -0.550 e. The molecule has 0 atom stereocenters. The third-order valence-electron chi connectivity index (χ3n) is 0.768. The molecule has 0 aliphatic heterocycles. The normalized spacial score (nSPS) is 9.08. The highest BCUT2D eigenvalue weighted by molar-refractivity contribution is 5.60. The van der Waals surface area contributed by atoms with Crippen LogP contribution in [0, 0.1) is 0 Å². The third-order valence-corrected chi connectivity index (χ3v) is 0.768. The van der Waals surface area contributed by atoms with Gasteiger partial charge in [-0.1, -0.05) is 0 Å². The predicted octanol–water partition coefficient (Wildman–Crippen LogP) is -1.24. The number of furan rings is 1. The zero-order valence-corrected chi connectivity index (χ0v) is 7.31. The fourth-order valence-electron chi connectivity index (χ4n) is 0.433. The van der Waals surface area contributed by atoms with Gasteiger partial charge in [-0.15, -0.1) is 0 Å². The molecular formula is C7H10N2O4. The lowest BCUT2D eigenvalue weighted by Crippen LogP contribution is -2.57. The van der Waals surface area contributed by atoms with Gasteiger partial charge >= 0.3 is 5.88 Å². The van der Waals surface area contributed by atoms with Crippen molar-refractivity contribution in [1.82, 2.24) is 0 Å². The molecule has 13 heavy (non-hydrogen) atoms. The third kappa shape index (κ3) is 8.05. The number of carboxylic acid groups (broad SMARTS) is 1. The van der Waals surface area contributed by atoms with Crippen molar-refractivity contribution in [2.24, 2.45) is 5.28 Å². The highest BCUT2D eigenvalue weighted by Gasteiger charge is 1.95. The lowest BCUT2D eigenvalue weighted by molar-refractivity contribution is -0.490. The Hall–Kier alpha value is -1.85. The smallest absolute Gasteiger partial charge is 0.398 e. The summed E-state index contributed by atoms with van der Waals surface area (Å²) >= 11 is 0. The van der Waals surface area contributed by atoms with Crippen LogP contribution in [-0.4, -0.2) is 13.1 Å². The Bertz CT molecular complexity index is 251. The number of nitrogens with one attached hydrogen (secondary N) is 1. The van der Waals surface area contributed by atoms with Gasteiger partial charge in [-0.25, -0.2) is 0 Å². The summed E-state index contributed by atoms with van der Waals surface area (Å²) in [7, 11) is 1.45. The molecule has 0 saturated carbocycles. The minimum atomic E-state index is -1.08. The van der Waals surface area contributed by atoms with Gasteiger partial charge in [-0.05, 0) is 18.1 Å². The number of carboxylic acids is 1. The first-order valence-electron chi connectivity index (χ1n) is 3.37. The Labute approximate surface area is 74.8 Å². The first-order chi connectivity index (χ1) is 6.16. The summed E-state index contributed by atoms with van der Waals surface area (Å²) in [6.45, 7) is 0.972. The zero-order chi connectivity index (χ0) is 10.1. The van der Waals surface area contributed by atoms with E-state index in [1.807, 2.05) is 0 Å². The van der Waals surface area contributed by atoms with Gasteiger partial charge in [0.2, 0.25) is 0 Å². The molecule has 0 fully saturated rings. The summed E-state index contributed by atoms with van der Waals surface area (Å²) in [5, 5.41) is 14.8. The van der Waals surface area contributed by atoms with Gasteiger partial charge in [0.05, 0.1) is 12.3 Å². The topological polar surface area (TPSA) is 88.8 Å². The van der Waals surface area contributed by atoms with Gasteiger partial charge in [0.1, 0.15) is 7.11 Å². The van der Waals surface area contributed by atoms with Crippen molar-refractivity contribution >= 4 is 11.9 Å². The SMILES string of the molecule is CC(=O)[O-].CON=[NH+]c1ccco1. The number of rotatable bonds is 2. The van der Waals surface area contributed by atoms with E-state index in [4.69, 9.17) is 14.3 Å².